The largest absolute Gasteiger partial charge is 0.383 e. The van der Waals surface area contributed by atoms with E-state index in [0.29, 0.717) is 17.3 Å². The molecule has 1 aromatic heterocycles. The fourth-order valence-corrected chi connectivity index (χ4v) is 2.98. The van der Waals surface area contributed by atoms with Crippen LogP contribution in [0.2, 0.25) is 5.02 Å². The number of hydrogen-bond acceptors (Lipinski definition) is 3. The molecule has 4 heteroatoms. The molecule has 0 spiro atoms. The summed E-state index contributed by atoms with van der Waals surface area (Å²) in [6, 6.07) is 13.0. The van der Waals surface area contributed by atoms with Gasteiger partial charge in [0.1, 0.15) is 11.7 Å². The Balaban J connectivity index is 2.04. The molecule has 1 N–H and O–H groups in total. The van der Waals surface area contributed by atoms with E-state index in [2.05, 4.69) is 4.98 Å². The van der Waals surface area contributed by atoms with Crippen LogP contribution in [0.5, 0.6) is 0 Å². The van der Waals surface area contributed by atoms with Gasteiger partial charge in [-0.25, -0.2) is 0 Å². The summed E-state index contributed by atoms with van der Waals surface area (Å²) in [6.07, 6.45) is 2.55. The molecule has 1 aliphatic heterocycles. The summed E-state index contributed by atoms with van der Waals surface area (Å²) in [4.78, 5) is 4.25. The second-order valence-electron chi connectivity index (χ2n) is 5.01. The lowest BCUT2D eigenvalue weighted by molar-refractivity contribution is -0.100. The van der Waals surface area contributed by atoms with E-state index in [4.69, 9.17) is 16.3 Å². The quantitative estimate of drug-likeness (QED) is 0.941. The fraction of sp³-hybridized carbons (Fsp3) is 0.312. The van der Waals surface area contributed by atoms with Crippen molar-refractivity contribution in [1.82, 2.24) is 4.98 Å². The molecule has 2 unspecified atom stereocenters. The Hall–Kier alpha value is -1.42. The summed E-state index contributed by atoms with van der Waals surface area (Å²) in [5, 5.41) is 11.4. The summed E-state index contributed by atoms with van der Waals surface area (Å²) >= 11 is 6.08. The Morgan fingerprint density at radius 3 is 2.80 bits per heavy atom. The molecule has 3 rings (SSSR count). The van der Waals surface area contributed by atoms with Gasteiger partial charge in [-0.3, -0.25) is 4.98 Å². The van der Waals surface area contributed by atoms with Crippen LogP contribution in [0.25, 0.3) is 0 Å². The van der Waals surface area contributed by atoms with Crippen LogP contribution in [0.1, 0.15) is 30.2 Å². The van der Waals surface area contributed by atoms with E-state index in [1.807, 2.05) is 42.5 Å². The van der Waals surface area contributed by atoms with E-state index in [1.165, 1.54) is 0 Å². The number of aromatic nitrogens is 1. The molecule has 20 heavy (non-hydrogen) atoms. The Labute approximate surface area is 123 Å². The van der Waals surface area contributed by atoms with Gasteiger partial charge in [0.25, 0.3) is 0 Å². The number of halogens is 1. The van der Waals surface area contributed by atoms with Gasteiger partial charge in [0, 0.05) is 17.8 Å². The van der Waals surface area contributed by atoms with Gasteiger partial charge in [0.15, 0.2) is 0 Å². The van der Waals surface area contributed by atoms with E-state index in [0.717, 1.165) is 18.4 Å². The van der Waals surface area contributed by atoms with Gasteiger partial charge in [-0.15, -0.1) is 0 Å². The predicted octanol–water partition coefficient (Wildman–Crippen LogP) is 3.47. The highest BCUT2D eigenvalue weighted by atomic mass is 35.5. The summed E-state index contributed by atoms with van der Waals surface area (Å²) in [5.74, 6) is 0. The lowest BCUT2D eigenvalue weighted by atomic mass is 9.84. The molecule has 0 bridgehead atoms. The van der Waals surface area contributed by atoms with Crippen molar-refractivity contribution in [2.24, 2.45) is 0 Å². The first-order valence-corrected chi connectivity index (χ1v) is 7.09. The summed E-state index contributed by atoms with van der Waals surface area (Å²) in [5.41, 5.74) is 0.772. The van der Waals surface area contributed by atoms with Crippen molar-refractivity contribution < 1.29 is 9.84 Å². The van der Waals surface area contributed by atoms with Crippen molar-refractivity contribution in [1.29, 1.82) is 0 Å². The maximum atomic E-state index is 10.8. The second-order valence-corrected chi connectivity index (χ2v) is 5.45. The molecule has 1 saturated heterocycles. The zero-order chi connectivity index (χ0) is 14.0. The van der Waals surface area contributed by atoms with Gasteiger partial charge < -0.3 is 9.84 Å². The van der Waals surface area contributed by atoms with Crippen molar-refractivity contribution in [2.45, 2.75) is 24.5 Å². The van der Waals surface area contributed by atoms with Crippen LogP contribution < -0.4 is 0 Å². The van der Waals surface area contributed by atoms with E-state index in [1.54, 1.807) is 6.20 Å². The monoisotopic (exact) mass is 289 g/mol. The Morgan fingerprint density at radius 1 is 1.25 bits per heavy atom. The van der Waals surface area contributed by atoms with E-state index in [-0.39, 0.29) is 0 Å². The van der Waals surface area contributed by atoms with Crippen molar-refractivity contribution in [3.63, 3.8) is 0 Å². The summed E-state index contributed by atoms with van der Waals surface area (Å²) < 4.78 is 5.95. The first-order chi connectivity index (χ1) is 9.72. The first kappa shape index (κ1) is 13.6. The standard InChI is InChI=1S/C16H16ClNO2/c17-13-6-3-5-12(11-13)16(8-4-10-20-16)15(19)14-7-1-2-9-18-14/h1-3,5-7,9,11,15,19H,4,8,10H2. The average Bonchev–Trinajstić information content (AvgIpc) is 2.98. The minimum atomic E-state index is -0.801. The van der Waals surface area contributed by atoms with Crippen molar-refractivity contribution in [3.05, 3.63) is 64.9 Å². The molecular weight excluding hydrogens is 274 g/mol. The van der Waals surface area contributed by atoms with Gasteiger partial charge in [-0.1, -0.05) is 29.8 Å². The highest BCUT2D eigenvalue weighted by Gasteiger charge is 2.45. The molecule has 1 aromatic carbocycles. The molecule has 2 heterocycles. The SMILES string of the molecule is OC(c1ccccn1)C1(c2cccc(Cl)c2)CCCO1. The van der Waals surface area contributed by atoms with Gasteiger partial charge in [-0.05, 0) is 42.7 Å². The summed E-state index contributed by atoms with van der Waals surface area (Å²) in [6.45, 7) is 0.635. The molecular formula is C16H16ClNO2. The minimum Gasteiger partial charge on any atom is -0.383 e. The van der Waals surface area contributed by atoms with Gasteiger partial charge >= 0.3 is 0 Å². The van der Waals surface area contributed by atoms with Crippen LogP contribution in [0.4, 0.5) is 0 Å². The van der Waals surface area contributed by atoms with Crippen LogP contribution in [-0.4, -0.2) is 16.7 Å². The van der Waals surface area contributed by atoms with Gasteiger partial charge in [0.05, 0.1) is 5.69 Å². The average molecular weight is 290 g/mol. The van der Waals surface area contributed by atoms with Crippen molar-refractivity contribution in [3.8, 4) is 0 Å². The molecule has 0 amide bonds. The maximum Gasteiger partial charge on any atom is 0.129 e. The smallest absolute Gasteiger partial charge is 0.129 e. The Bertz CT molecular complexity index is 582. The third-order valence-corrected chi connectivity index (χ3v) is 4.01. The van der Waals surface area contributed by atoms with Gasteiger partial charge in [-0.2, -0.15) is 0 Å². The van der Waals surface area contributed by atoms with E-state index >= 15 is 0 Å². The highest BCUT2D eigenvalue weighted by molar-refractivity contribution is 6.30. The molecule has 0 radical (unpaired) electrons. The Morgan fingerprint density at radius 2 is 2.15 bits per heavy atom. The van der Waals surface area contributed by atoms with Crippen LogP contribution in [-0.2, 0) is 10.3 Å². The zero-order valence-electron chi connectivity index (χ0n) is 11.0. The number of benzene rings is 1. The topological polar surface area (TPSA) is 42.4 Å². The molecule has 1 fully saturated rings. The third-order valence-electron chi connectivity index (χ3n) is 3.78. The first-order valence-electron chi connectivity index (χ1n) is 6.71. The van der Waals surface area contributed by atoms with Crippen LogP contribution in [0, 0.1) is 0 Å². The highest BCUT2D eigenvalue weighted by Crippen LogP contribution is 2.45. The number of nitrogens with zero attached hydrogens (tertiary/aromatic N) is 1. The lowest BCUT2D eigenvalue weighted by Crippen LogP contribution is -2.33. The van der Waals surface area contributed by atoms with E-state index < -0.39 is 11.7 Å². The molecule has 3 nitrogen and oxygen atoms in total. The summed E-state index contributed by atoms with van der Waals surface area (Å²) in [7, 11) is 0. The number of aliphatic hydroxyl groups is 1. The van der Waals surface area contributed by atoms with Crippen molar-refractivity contribution >= 4 is 11.6 Å². The number of ether oxygens (including phenoxy) is 1. The number of hydrogen-bond donors (Lipinski definition) is 1. The third kappa shape index (κ3) is 2.33. The van der Waals surface area contributed by atoms with Gasteiger partial charge in [0.2, 0.25) is 0 Å². The molecule has 1 aliphatic rings. The van der Waals surface area contributed by atoms with Crippen LogP contribution in [0.15, 0.2) is 48.7 Å². The number of aliphatic hydroxyl groups excluding tert-OH is 1. The molecule has 2 atom stereocenters. The maximum absolute atomic E-state index is 10.8. The Kier molecular flexibility index (Phi) is 3.74. The number of rotatable bonds is 3. The second kappa shape index (κ2) is 5.52. The minimum absolute atomic E-state index is 0.620. The van der Waals surface area contributed by atoms with Crippen LogP contribution >= 0.6 is 11.6 Å². The van der Waals surface area contributed by atoms with Crippen LogP contribution in [0.3, 0.4) is 0 Å². The zero-order valence-corrected chi connectivity index (χ0v) is 11.8. The molecule has 0 aliphatic carbocycles. The predicted molar refractivity (Wildman–Crippen MR) is 77.5 cm³/mol. The number of pyridine rings is 1. The molecule has 0 saturated carbocycles. The fourth-order valence-electron chi connectivity index (χ4n) is 2.79. The normalized spacial score (nSPS) is 23.7. The van der Waals surface area contributed by atoms with E-state index in [9.17, 15) is 5.11 Å². The molecule has 2 aromatic rings. The lowest BCUT2D eigenvalue weighted by Gasteiger charge is -2.33. The van der Waals surface area contributed by atoms with Crippen molar-refractivity contribution in [2.75, 3.05) is 6.61 Å². The molecule has 104 valence electrons.